The van der Waals surface area contributed by atoms with E-state index in [1.807, 2.05) is 38.1 Å². The average molecular weight is 390 g/mol. The Balaban J connectivity index is 1.81. The van der Waals surface area contributed by atoms with E-state index in [1.54, 1.807) is 6.92 Å². The van der Waals surface area contributed by atoms with Gasteiger partial charge in [-0.25, -0.2) is 0 Å². The first-order valence-electron chi connectivity index (χ1n) is 9.76. The van der Waals surface area contributed by atoms with Crippen molar-refractivity contribution in [3.63, 3.8) is 0 Å². The molecule has 0 spiro atoms. The molecule has 1 aliphatic rings. The van der Waals surface area contributed by atoms with Crippen molar-refractivity contribution in [2.45, 2.75) is 45.7 Å². The van der Waals surface area contributed by atoms with Gasteiger partial charge in [0.05, 0.1) is 12.6 Å². The van der Waals surface area contributed by atoms with Gasteiger partial charge in [0, 0.05) is 24.5 Å². The van der Waals surface area contributed by atoms with E-state index >= 15 is 0 Å². The van der Waals surface area contributed by atoms with E-state index in [9.17, 15) is 14.4 Å². The zero-order valence-corrected chi connectivity index (χ0v) is 16.8. The van der Waals surface area contributed by atoms with Gasteiger partial charge < -0.3 is 26.6 Å². The van der Waals surface area contributed by atoms with Gasteiger partial charge in [0.1, 0.15) is 6.04 Å². The molecule has 8 nitrogen and oxygen atoms in total. The number of hydrogen-bond acceptors (Lipinski definition) is 5. The van der Waals surface area contributed by atoms with Crippen molar-refractivity contribution < 1.29 is 14.4 Å². The molecule has 1 aromatic carbocycles. The summed E-state index contributed by atoms with van der Waals surface area (Å²) in [6, 6.07) is 6.27. The van der Waals surface area contributed by atoms with Crippen LogP contribution in [0.4, 0.5) is 11.4 Å². The highest BCUT2D eigenvalue weighted by Gasteiger charge is 2.20. The summed E-state index contributed by atoms with van der Waals surface area (Å²) in [5.41, 5.74) is 7.49. The maximum absolute atomic E-state index is 12.4. The number of carbonyl (C=O) groups excluding carboxylic acids is 3. The molecule has 1 aromatic rings. The highest BCUT2D eigenvalue weighted by atomic mass is 16.2. The van der Waals surface area contributed by atoms with E-state index in [-0.39, 0.29) is 24.3 Å². The minimum absolute atomic E-state index is 0.0240. The van der Waals surface area contributed by atoms with Crippen molar-refractivity contribution in [1.29, 1.82) is 0 Å². The van der Waals surface area contributed by atoms with E-state index in [2.05, 4.69) is 20.9 Å². The van der Waals surface area contributed by atoms with E-state index in [4.69, 9.17) is 5.73 Å². The molecule has 154 valence electrons. The lowest BCUT2D eigenvalue weighted by atomic mass is 10.1. The van der Waals surface area contributed by atoms with Gasteiger partial charge in [0.15, 0.2) is 0 Å². The summed E-state index contributed by atoms with van der Waals surface area (Å²) < 4.78 is 0. The smallest absolute Gasteiger partial charge is 0.246 e. The number of nitrogens with one attached hydrogen (secondary N) is 3. The molecule has 0 aliphatic carbocycles. The van der Waals surface area contributed by atoms with Crippen LogP contribution < -0.4 is 26.6 Å². The van der Waals surface area contributed by atoms with Gasteiger partial charge in [-0.05, 0) is 43.9 Å². The monoisotopic (exact) mass is 389 g/mol. The molecule has 2 atom stereocenters. The van der Waals surface area contributed by atoms with Crippen molar-refractivity contribution >= 4 is 29.1 Å². The predicted octanol–water partition coefficient (Wildman–Crippen LogP) is 0.830. The van der Waals surface area contributed by atoms with E-state index in [0.717, 1.165) is 18.8 Å². The molecule has 1 unspecified atom stereocenters. The Morgan fingerprint density at radius 2 is 1.79 bits per heavy atom. The SMILES string of the molecule is CC(NC(=O)CNC(=O)[C@@H](N)C(C)C)C(=O)Nc1cccc(N2CCCC2)c1. The predicted molar refractivity (Wildman–Crippen MR) is 110 cm³/mol. The van der Waals surface area contributed by atoms with Gasteiger partial charge in [0.25, 0.3) is 0 Å². The highest BCUT2D eigenvalue weighted by Crippen LogP contribution is 2.23. The van der Waals surface area contributed by atoms with E-state index in [1.165, 1.54) is 12.8 Å². The van der Waals surface area contributed by atoms with Crippen LogP contribution >= 0.6 is 0 Å². The lowest BCUT2D eigenvalue weighted by Gasteiger charge is -2.19. The van der Waals surface area contributed by atoms with Gasteiger partial charge in [-0.3, -0.25) is 14.4 Å². The highest BCUT2D eigenvalue weighted by molar-refractivity contribution is 5.98. The Morgan fingerprint density at radius 1 is 1.11 bits per heavy atom. The second kappa shape index (κ2) is 10.1. The molecule has 1 aliphatic heterocycles. The summed E-state index contributed by atoms with van der Waals surface area (Å²) in [5, 5.41) is 7.88. The lowest BCUT2D eigenvalue weighted by molar-refractivity contribution is -0.128. The molecule has 1 fully saturated rings. The van der Waals surface area contributed by atoms with Gasteiger partial charge in [-0.1, -0.05) is 19.9 Å². The van der Waals surface area contributed by atoms with Crippen molar-refractivity contribution in [1.82, 2.24) is 10.6 Å². The van der Waals surface area contributed by atoms with Gasteiger partial charge in [-0.15, -0.1) is 0 Å². The Labute approximate surface area is 166 Å². The Kier molecular flexibility index (Phi) is 7.80. The maximum Gasteiger partial charge on any atom is 0.246 e. The Hall–Kier alpha value is -2.61. The fourth-order valence-electron chi connectivity index (χ4n) is 2.95. The van der Waals surface area contributed by atoms with E-state index < -0.39 is 18.0 Å². The molecular formula is C20H31N5O3. The Bertz CT molecular complexity index is 701. The third-order valence-electron chi connectivity index (χ3n) is 4.80. The summed E-state index contributed by atoms with van der Waals surface area (Å²) in [5.74, 6) is -1.18. The fraction of sp³-hybridized carbons (Fsp3) is 0.550. The number of anilines is 2. The summed E-state index contributed by atoms with van der Waals surface area (Å²) in [6.07, 6.45) is 2.36. The van der Waals surface area contributed by atoms with Crippen LogP contribution in [-0.4, -0.2) is 49.4 Å². The summed E-state index contributed by atoms with van der Waals surface area (Å²) in [6.45, 7) is 7.08. The number of hydrogen-bond donors (Lipinski definition) is 4. The normalized spacial score (nSPS) is 15.8. The quantitative estimate of drug-likeness (QED) is 0.525. The second-order valence-electron chi connectivity index (χ2n) is 7.51. The van der Waals surface area contributed by atoms with Crippen LogP contribution in [-0.2, 0) is 14.4 Å². The zero-order chi connectivity index (χ0) is 20.7. The maximum atomic E-state index is 12.4. The lowest BCUT2D eigenvalue weighted by Crippen LogP contribution is -2.49. The third-order valence-corrected chi connectivity index (χ3v) is 4.80. The number of carbonyl (C=O) groups is 3. The molecule has 8 heteroatoms. The molecule has 28 heavy (non-hydrogen) atoms. The van der Waals surface area contributed by atoms with Crippen LogP contribution in [0.25, 0.3) is 0 Å². The molecule has 1 heterocycles. The molecule has 0 saturated carbocycles. The molecule has 0 bridgehead atoms. The molecular weight excluding hydrogens is 358 g/mol. The standard InChI is InChI=1S/C20H31N5O3/c1-13(2)18(21)20(28)22-12-17(26)23-14(3)19(27)24-15-7-6-8-16(11-15)25-9-4-5-10-25/h6-8,11,13-14,18H,4-5,9-10,12,21H2,1-3H3,(H,22,28)(H,23,26)(H,24,27)/t14?,18-/m0/s1. The minimum atomic E-state index is -0.737. The van der Waals surface area contributed by atoms with Gasteiger partial charge in [-0.2, -0.15) is 0 Å². The number of rotatable bonds is 8. The van der Waals surface area contributed by atoms with Crippen LogP contribution in [0.5, 0.6) is 0 Å². The van der Waals surface area contributed by atoms with Crippen LogP contribution in [0.3, 0.4) is 0 Å². The molecule has 1 saturated heterocycles. The van der Waals surface area contributed by atoms with Gasteiger partial charge >= 0.3 is 0 Å². The molecule has 0 aromatic heterocycles. The molecule has 0 radical (unpaired) electrons. The summed E-state index contributed by atoms with van der Waals surface area (Å²) >= 11 is 0. The molecule has 2 rings (SSSR count). The Morgan fingerprint density at radius 3 is 2.43 bits per heavy atom. The summed E-state index contributed by atoms with van der Waals surface area (Å²) in [7, 11) is 0. The first-order valence-corrected chi connectivity index (χ1v) is 9.76. The van der Waals surface area contributed by atoms with Crippen LogP contribution in [0.2, 0.25) is 0 Å². The third kappa shape index (κ3) is 6.23. The fourth-order valence-corrected chi connectivity index (χ4v) is 2.95. The number of benzene rings is 1. The summed E-state index contributed by atoms with van der Waals surface area (Å²) in [4.78, 5) is 38.4. The topological polar surface area (TPSA) is 117 Å². The molecule has 5 N–H and O–H groups in total. The first-order chi connectivity index (χ1) is 13.3. The van der Waals surface area contributed by atoms with Crippen molar-refractivity contribution in [3.8, 4) is 0 Å². The van der Waals surface area contributed by atoms with Crippen molar-refractivity contribution in [2.24, 2.45) is 11.7 Å². The van der Waals surface area contributed by atoms with Crippen molar-refractivity contribution in [2.75, 3.05) is 29.9 Å². The van der Waals surface area contributed by atoms with Crippen LogP contribution in [0.15, 0.2) is 24.3 Å². The second-order valence-corrected chi connectivity index (χ2v) is 7.51. The number of nitrogens with two attached hydrogens (primary N) is 1. The number of amides is 3. The largest absolute Gasteiger partial charge is 0.371 e. The van der Waals surface area contributed by atoms with Crippen LogP contribution in [0.1, 0.15) is 33.6 Å². The van der Waals surface area contributed by atoms with Gasteiger partial charge in [0.2, 0.25) is 17.7 Å². The molecule has 3 amide bonds. The minimum Gasteiger partial charge on any atom is -0.371 e. The van der Waals surface area contributed by atoms with Crippen molar-refractivity contribution in [3.05, 3.63) is 24.3 Å². The number of nitrogens with zero attached hydrogens (tertiary/aromatic N) is 1. The average Bonchev–Trinajstić information content (AvgIpc) is 3.20. The van der Waals surface area contributed by atoms with E-state index in [0.29, 0.717) is 5.69 Å². The van der Waals surface area contributed by atoms with Crippen LogP contribution in [0, 0.1) is 5.92 Å². The zero-order valence-electron chi connectivity index (χ0n) is 16.8. The first kappa shape index (κ1) is 21.7.